The summed E-state index contributed by atoms with van der Waals surface area (Å²) in [6, 6.07) is 6.55. The highest BCUT2D eigenvalue weighted by Crippen LogP contribution is 2.32. The van der Waals surface area contributed by atoms with E-state index in [-0.39, 0.29) is 17.3 Å². The van der Waals surface area contributed by atoms with Crippen molar-refractivity contribution in [2.24, 2.45) is 0 Å². The highest BCUT2D eigenvalue weighted by atomic mass is 79.9. The van der Waals surface area contributed by atoms with E-state index in [0.29, 0.717) is 14.2 Å². The molecular weight excluding hydrogens is 381 g/mol. The van der Waals surface area contributed by atoms with Crippen LogP contribution in [0.5, 0.6) is 0 Å². The van der Waals surface area contributed by atoms with Gasteiger partial charge < -0.3 is 5.11 Å². The van der Waals surface area contributed by atoms with Gasteiger partial charge in [0, 0.05) is 10.9 Å². The molecule has 0 saturated carbocycles. The van der Waals surface area contributed by atoms with Gasteiger partial charge in [-0.3, -0.25) is 0 Å². The van der Waals surface area contributed by atoms with Crippen molar-refractivity contribution in [1.82, 2.24) is 4.72 Å². The van der Waals surface area contributed by atoms with Crippen molar-refractivity contribution in [2.45, 2.75) is 24.5 Å². The van der Waals surface area contributed by atoms with Gasteiger partial charge in [-0.2, -0.15) is 0 Å². The number of sulfonamides is 1. The van der Waals surface area contributed by atoms with Crippen LogP contribution >= 0.6 is 27.3 Å². The van der Waals surface area contributed by atoms with Crippen LogP contribution < -0.4 is 4.72 Å². The Labute approximate surface area is 134 Å². The van der Waals surface area contributed by atoms with Crippen molar-refractivity contribution in [3.8, 4) is 0 Å². The second kappa shape index (κ2) is 6.53. The van der Waals surface area contributed by atoms with Crippen molar-refractivity contribution in [1.29, 1.82) is 0 Å². The van der Waals surface area contributed by atoms with E-state index in [0.717, 1.165) is 11.3 Å². The predicted octanol–water partition coefficient (Wildman–Crippen LogP) is 3.18. The van der Waals surface area contributed by atoms with Gasteiger partial charge in [0.05, 0.1) is 10.4 Å². The highest BCUT2D eigenvalue weighted by Gasteiger charge is 2.23. The average molecular weight is 394 g/mol. The number of hydrogen-bond donors (Lipinski definition) is 2. The molecule has 8 heteroatoms. The molecule has 0 amide bonds. The maximum atomic E-state index is 12.9. The highest BCUT2D eigenvalue weighted by molar-refractivity contribution is 9.11. The number of benzene rings is 1. The maximum Gasteiger partial charge on any atom is 0.243 e. The summed E-state index contributed by atoms with van der Waals surface area (Å²) >= 11 is 4.35. The van der Waals surface area contributed by atoms with E-state index < -0.39 is 16.1 Å². The zero-order chi connectivity index (χ0) is 15.6. The van der Waals surface area contributed by atoms with Gasteiger partial charge in [-0.15, -0.1) is 11.3 Å². The molecule has 1 aromatic carbocycles. The smallest absolute Gasteiger partial charge is 0.243 e. The van der Waals surface area contributed by atoms with Crippen LogP contribution in [-0.2, 0) is 16.6 Å². The SMILES string of the molecule is CC(NS(=O)(=O)c1cc(CO)sc1Br)c1ccc(F)cc1. The number of aliphatic hydroxyl groups is 1. The third-order valence-electron chi connectivity index (χ3n) is 2.85. The van der Waals surface area contributed by atoms with Crippen molar-refractivity contribution in [3.05, 3.63) is 50.4 Å². The van der Waals surface area contributed by atoms with Gasteiger partial charge in [0.25, 0.3) is 0 Å². The third-order valence-corrected chi connectivity index (χ3v) is 6.63. The van der Waals surface area contributed by atoms with Crippen LogP contribution in [0.25, 0.3) is 0 Å². The lowest BCUT2D eigenvalue weighted by Crippen LogP contribution is -2.26. The summed E-state index contributed by atoms with van der Waals surface area (Å²) in [6.07, 6.45) is 0. The Kier molecular flexibility index (Phi) is 5.15. The standard InChI is InChI=1S/C13H13BrFNO3S2/c1-8(9-2-4-10(15)5-3-9)16-21(18,19)12-6-11(7-17)20-13(12)14/h2-6,8,16-17H,7H2,1H3. The molecule has 0 bridgehead atoms. The molecule has 0 saturated heterocycles. The summed E-state index contributed by atoms with van der Waals surface area (Å²) in [7, 11) is -3.73. The minimum absolute atomic E-state index is 0.0884. The number of nitrogens with one attached hydrogen (secondary N) is 1. The quantitative estimate of drug-likeness (QED) is 0.819. The van der Waals surface area contributed by atoms with Crippen LogP contribution in [0.4, 0.5) is 4.39 Å². The summed E-state index contributed by atoms with van der Waals surface area (Å²) in [4.78, 5) is 0.641. The van der Waals surface area contributed by atoms with Crippen molar-refractivity contribution in [2.75, 3.05) is 0 Å². The average Bonchev–Trinajstić information content (AvgIpc) is 2.81. The van der Waals surface area contributed by atoms with Gasteiger partial charge in [-0.1, -0.05) is 12.1 Å². The van der Waals surface area contributed by atoms with Gasteiger partial charge in [0.1, 0.15) is 10.7 Å². The Morgan fingerprint density at radius 3 is 2.52 bits per heavy atom. The van der Waals surface area contributed by atoms with Crippen LogP contribution in [0.3, 0.4) is 0 Å². The van der Waals surface area contributed by atoms with E-state index in [9.17, 15) is 12.8 Å². The van der Waals surface area contributed by atoms with Crippen LogP contribution in [0, 0.1) is 5.82 Å². The van der Waals surface area contributed by atoms with E-state index in [1.165, 1.54) is 30.3 Å². The summed E-state index contributed by atoms with van der Waals surface area (Å²) in [5, 5.41) is 9.07. The minimum atomic E-state index is -3.73. The fourth-order valence-corrected chi connectivity index (χ4v) is 5.55. The lowest BCUT2D eigenvalue weighted by atomic mass is 10.1. The van der Waals surface area contributed by atoms with Crippen LogP contribution in [0.1, 0.15) is 23.4 Å². The Morgan fingerprint density at radius 2 is 2.00 bits per heavy atom. The second-order valence-corrected chi connectivity index (χ2v) is 8.54. The molecule has 1 aromatic heterocycles. The number of thiophene rings is 1. The zero-order valence-electron chi connectivity index (χ0n) is 11.0. The van der Waals surface area contributed by atoms with E-state index in [2.05, 4.69) is 20.7 Å². The first-order valence-electron chi connectivity index (χ1n) is 6.00. The molecular formula is C13H13BrFNO3S2. The number of rotatable bonds is 5. The fraction of sp³-hybridized carbons (Fsp3) is 0.231. The Hall–Kier alpha value is -0.800. The molecule has 114 valence electrons. The van der Waals surface area contributed by atoms with Gasteiger partial charge in [-0.25, -0.2) is 17.5 Å². The Bertz CT molecular complexity index is 728. The lowest BCUT2D eigenvalue weighted by Gasteiger charge is -2.14. The van der Waals surface area contributed by atoms with E-state index >= 15 is 0 Å². The molecule has 21 heavy (non-hydrogen) atoms. The van der Waals surface area contributed by atoms with Crippen LogP contribution in [-0.4, -0.2) is 13.5 Å². The first-order valence-corrected chi connectivity index (χ1v) is 9.09. The van der Waals surface area contributed by atoms with Crippen LogP contribution in [0.15, 0.2) is 39.0 Å². The molecule has 1 atom stereocenters. The third kappa shape index (κ3) is 3.89. The Balaban J connectivity index is 2.24. The Morgan fingerprint density at radius 1 is 1.38 bits per heavy atom. The summed E-state index contributed by atoms with van der Waals surface area (Å²) in [5.41, 5.74) is 0.661. The summed E-state index contributed by atoms with van der Waals surface area (Å²) in [5.74, 6) is -0.373. The van der Waals surface area contributed by atoms with Crippen molar-refractivity contribution in [3.63, 3.8) is 0 Å². The number of aliphatic hydroxyl groups excluding tert-OH is 1. The van der Waals surface area contributed by atoms with Gasteiger partial charge in [0.15, 0.2) is 0 Å². The summed E-state index contributed by atoms with van der Waals surface area (Å²) in [6.45, 7) is 1.46. The number of halogens is 2. The molecule has 1 heterocycles. The molecule has 0 aliphatic heterocycles. The molecule has 2 aromatic rings. The topological polar surface area (TPSA) is 66.4 Å². The number of hydrogen-bond acceptors (Lipinski definition) is 4. The molecule has 0 aliphatic carbocycles. The largest absolute Gasteiger partial charge is 0.391 e. The molecule has 2 rings (SSSR count). The molecule has 2 N–H and O–H groups in total. The lowest BCUT2D eigenvalue weighted by molar-refractivity contribution is 0.285. The molecule has 0 radical (unpaired) electrons. The van der Waals surface area contributed by atoms with Crippen molar-refractivity contribution >= 4 is 37.3 Å². The van der Waals surface area contributed by atoms with E-state index in [4.69, 9.17) is 5.11 Å². The zero-order valence-corrected chi connectivity index (χ0v) is 14.2. The molecule has 0 spiro atoms. The van der Waals surface area contributed by atoms with E-state index in [1.54, 1.807) is 6.92 Å². The second-order valence-electron chi connectivity index (χ2n) is 4.40. The molecule has 0 fully saturated rings. The van der Waals surface area contributed by atoms with E-state index in [1.807, 2.05) is 0 Å². The molecule has 0 aliphatic rings. The molecule has 1 unspecified atom stereocenters. The first kappa shape index (κ1) is 16.6. The maximum absolute atomic E-state index is 12.9. The van der Waals surface area contributed by atoms with Crippen molar-refractivity contribution < 1.29 is 17.9 Å². The van der Waals surface area contributed by atoms with Crippen LogP contribution in [0.2, 0.25) is 0 Å². The monoisotopic (exact) mass is 393 g/mol. The normalized spacial score (nSPS) is 13.3. The van der Waals surface area contributed by atoms with Gasteiger partial charge >= 0.3 is 0 Å². The first-order chi connectivity index (χ1) is 9.83. The fourth-order valence-electron chi connectivity index (χ4n) is 1.77. The van der Waals surface area contributed by atoms with Gasteiger partial charge in [0.2, 0.25) is 10.0 Å². The minimum Gasteiger partial charge on any atom is -0.391 e. The van der Waals surface area contributed by atoms with Gasteiger partial charge in [-0.05, 0) is 46.6 Å². The molecule has 4 nitrogen and oxygen atoms in total. The predicted molar refractivity (Wildman–Crippen MR) is 83.1 cm³/mol. The summed E-state index contributed by atoms with van der Waals surface area (Å²) < 4.78 is 40.5.